The summed E-state index contributed by atoms with van der Waals surface area (Å²) in [6.07, 6.45) is 3.68. The van der Waals surface area contributed by atoms with Gasteiger partial charge in [0.1, 0.15) is 5.76 Å². The minimum atomic E-state index is 0.0177. The lowest BCUT2D eigenvalue weighted by Gasteiger charge is -2.13. The normalized spacial score (nSPS) is 16.3. The van der Waals surface area contributed by atoms with E-state index in [0.717, 1.165) is 49.6 Å². The van der Waals surface area contributed by atoms with Crippen LogP contribution in [0.1, 0.15) is 53.4 Å². The lowest BCUT2D eigenvalue weighted by Crippen LogP contribution is -2.23. The number of nitrogens with one attached hydrogen (secondary N) is 2. The van der Waals surface area contributed by atoms with Gasteiger partial charge in [-0.3, -0.25) is 9.79 Å². The topological polar surface area (TPSA) is 62.7 Å². The minimum Gasteiger partial charge on any atom is -0.497 e. The van der Waals surface area contributed by atoms with E-state index in [9.17, 15) is 4.79 Å². The highest BCUT2D eigenvalue weighted by Gasteiger charge is 2.17. The number of ether oxygens (including phenoxy) is 1. The Labute approximate surface area is 133 Å². The third kappa shape index (κ3) is 6.33. The van der Waals surface area contributed by atoms with Crippen molar-refractivity contribution in [2.75, 3.05) is 13.2 Å². The van der Waals surface area contributed by atoms with E-state index in [-0.39, 0.29) is 11.9 Å². The zero-order valence-electron chi connectivity index (χ0n) is 14.3. The number of aliphatic imine (C=N–C) groups is 1. The van der Waals surface area contributed by atoms with Crippen molar-refractivity contribution in [2.45, 2.75) is 59.4 Å². The molecule has 1 rings (SSSR count). The predicted molar refractivity (Wildman–Crippen MR) is 90.7 cm³/mol. The van der Waals surface area contributed by atoms with Crippen molar-refractivity contribution in [1.82, 2.24) is 10.6 Å². The molecule has 0 aromatic carbocycles. The largest absolute Gasteiger partial charge is 0.497 e. The molecule has 0 aromatic heterocycles. The molecule has 0 saturated heterocycles. The summed E-state index contributed by atoms with van der Waals surface area (Å²) >= 11 is 0. The van der Waals surface area contributed by atoms with Crippen LogP contribution in [0.3, 0.4) is 0 Å². The molecule has 5 nitrogen and oxygen atoms in total. The third-order valence-corrected chi connectivity index (χ3v) is 3.57. The Balaban J connectivity index is 2.41. The second-order valence-corrected chi connectivity index (χ2v) is 5.65. The molecule has 124 valence electrons. The number of carbonyl (C=O) groups excluding carboxylic acids is 1. The Hall–Kier alpha value is -1.78. The molecule has 1 aliphatic heterocycles. The van der Waals surface area contributed by atoms with Crippen LogP contribution in [0.2, 0.25) is 0 Å². The molecular weight excluding hydrogens is 278 g/mol. The number of hydrogen-bond acceptors (Lipinski definition) is 3. The summed E-state index contributed by atoms with van der Waals surface area (Å²) in [6, 6.07) is 0.216. The molecule has 0 aliphatic carbocycles. The van der Waals surface area contributed by atoms with Gasteiger partial charge in [0.25, 0.3) is 0 Å². The smallest absolute Gasteiger partial charge is 0.216 e. The molecule has 1 atom stereocenters. The summed E-state index contributed by atoms with van der Waals surface area (Å²) in [5, 5.41) is 6.07. The third-order valence-electron chi connectivity index (χ3n) is 3.57. The van der Waals surface area contributed by atoms with Crippen LogP contribution < -0.4 is 10.6 Å². The van der Waals surface area contributed by atoms with Gasteiger partial charge in [0.15, 0.2) is 0 Å². The first-order valence-corrected chi connectivity index (χ1v) is 8.04. The Bertz CT molecular complexity index is 467. The van der Waals surface area contributed by atoms with Crippen LogP contribution >= 0.6 is 0 Å². The lowest BCUT2D eigenvalue weighted by atomic mass is 10.1. The number of hydrogen-bond donors (Lipinski definition) is 2. The van der Waals surface area contributed by atoms with Crippen molar-refractivity contribution in [3.8, 4) is 0 Å². The summed E-state index contributed by atoms with van der Waals surface area (Å²) in [5.41, 5.74) is 2.07. The number of allylic oxidation sites excluding steroid dienone is 2. The van der Waals surface area contributed by atoms with Crippen molar-refractivity contribution < 1.29 is 9.53 Å². The molecule has 0 spiro atoms. The van der Waals surface area contributed by atoms with Gasteiger partial charge in [0.2, 0.25) is 5.91 Å². The van der Waals surface area contributed by atoms with Gasteiger partial charge in [-0.2, -0.15) is 0 Å². The van der Waals surface area contributed by atoms with Gasteiger partial charge in [-0.15, -0.1) is 0 Å². The van der Waals surface area contributed by atoms with Crippen LogP contribution in [-0.2, 0) is 9.53 Å². The van der Waals surface area contributed by atoms with E-state index in [2.05, 4.69) is 36.1 Å². The predicted octanol–water partition coefficient (Wildman–Crippen LogP) is 2.90. The molecule has 1 amide bonds. The average Bonchev–Trinajstić information content (AvgIpc) is 2.91. The van der Waals surface area contributed by atoms with Gasteiger partial charge in [0, 0.05) is 43.6 Å². The fraction of sp³-hybridized carbons (Fsp3) is 0.647. The molecule has 0 fully saturated rings. The lowest BCUT2D eigenvalue weighted by molar-refractivity contribution is -0.118. The molecule has 22 heavy (non-hydrogen) atoms. The maximum Gasteiger partial charge on any atom is 0.216 e. The summed E-state index contributed by atoms with van der Waals surface area (Å²) in [6.45, 7) is 13.2. The maximum absolute atomic E-state index is 10.8. The van der Waals surface area contributed by atoms with E-state index in [0.29, 0.717) is 6.54 Å². The molecule has 0 radical (unpaired) electrons. The molecule has 0 aromatic rings. The van der Waals surface area contributed by atoms with Crippen molar-refractivity contribution in [3.05, 3.63) is 23.6 Å². The zero-order chi connectivity index (χ0) is 16.5. The summed E-state index contributed by atoms with van der Waals surface area (Å²) < 4.78 is 5.59. The number of carbonyl (C=O) groups is 1. The number of amidine groups is 1. The average molecular weight is 307 g/mol. The number of rotatable bonds is 8. The highest BCUT2D eigenvalue weighted by molar-refractivity contribution is 5.82. The molecule has 0 bridgehead atoms. The van der Waals surface area contributed by atoms with E-state index in [1.165, 1.54) is 12.5 Å². The van der Waals surface area contributed by atoms with Crippen molar-refractivity contribution in [2.24, 2.45) is 4.99 Å². The molecule has 2 N–H and O–H groups in total. The minimum absolute atomic E-state index is 0.0177. The first kappa shape index (κ1) is 18.3. The molecule has 1 aliphatic rings. The van der Waals surface area contributed by atoms with E-state index >= 15 is 0 Å². The first-order valence-electron chi connectivity index (χ1n) is 8.04. The Morgan fingerprint density at radius 3 is 2.82 bits per heavy atom. The molecule has 1 heterocycles. The maximum atomic E-state index is 10.8. The second kappa shape index (κ2) is 9.28. The van der Waals surface area contributed by atoms with E-state index in [1.54, 1.807) is 0 Å². The summed E-state index contributed by atoms with van der Waals surface area (Å²) in [4.78, 5) is 15.4. The molecular formula is C17H29N3O2. The van der Waals surface area contributed by atoms with Gasteiger partial charge in [-0.1, -0.05) is 13.5 Å². The fourth-order valence-electron chi connectivity index (χ4n) is 2.52. The van der Waals surface area contributed by atoms with Crippen LogP contribution in [0, 0.1) is 0 Å². The zero-order valence-corrected chi connectivity index (χ0v) is 14.3. The van der Waals surface area contributed by atoms with Crippen LogP contribution in [0.15, 0.2) is 28.6 Å². The fourth-order valence-corrected chi connectivity index (χ4v) is 2.52. The van der Waals surface area contributed by atoms with Crippen LogP contribution in [0.25, 0.3) is 0 Å². The first-order chi connectivity index (χ1) is 10.4. The number of nitrogens with zero attached hydrogens (tertiary/aromatic N) is 1. The van der Waals surface area contributed by atoms with Crippen molar-refractivity contribution in [3.63, 3.8) is 0 Å². The summed E-state index contributed by atoms with van der Waals surface area (Å²) in [5.74, 6) is 1.92. The Morgan fingerprint density at radius 1 is 1.45 bits per heavy atom. The van der Waals surface area contributed by atoms with Crippen molar-refractivity contribution >= 4 is 11.7 Å². The van der Waals surface area contributed by atoms with Crippen molar-refractivity contribution in [1.29, 1.82) is 0 Å². The van der Waals surface area contributed by atoms with Gasteiger partial charge < -0.3 is 15.4 Å². The van der Waals surface area contributed by atoms with Gasteiger partial charge in [0.05, 0.1) is 12.4 Å². The standard InChI is InChI=1S/C17H29N3O2/c1-6-17-16(9-11-22-17)13(3)20-14(4)19-12(2)8-7-10-18-15(5)21/h12H,3,6-11H2,1-2,4-5H3,(H,18,21)(H,19,20). The van der Waals surface area contributed by atoms with Crippen LogP contribution in [0.4, 0.5) is 0 Å². The number of amides is 1. The Morgan fingerprint density at radius 2 is 2.18 bits per heavy atom. The van der Waals surface area contributed by atoms with Crippen LogP contribution in [0.5, 0.6) is 0 Å². The van der Waals surface area contributed by atoms with Crippen LogP contribution in [-0.4, -0.2) is 30.9 Å². The van der Waals surface area contributed by atoms with E-state index < -0.39 is 0 Å². The van der Waals surface area contributed by atoms with E-state index in [1.807, 2.05) is 6.92 Å². The van der Waals surface area contributed by atoms with Gasteiger partial charge in [-0.05, 0) is 26.7 Å². The molecule has 1 unspecified atom stereocenters. The second-order valence-electron chi connectivity index (χ2n) is 5.65. The summed E-state index contributed by atoms with van der Waals surface area (Å²) in [7, 11) is 0. The molecule has 5 heteroatoms. The SMILES string of the molecule is C=C(NC(C)=NC(C)CCCNC(C)=O)C1=C(CC)OCC1. The Kier molecular flexibility index (Phi) is 7.71. The van der Waals surface area contributed by atoms with Gasteiger partial charge >= 0.3 is 0 Å². The van der Waals surface area contributed by atoms with E-state index in [4.69, 9.17) is 4.74 Å². The molecule has 0 saturated carbocycles. The monoisotopic (exact) mass is 307 g/mol. The highest BCUT2D eigenvalue weighted by atomic mass is 16.5. The highest BCUT2D eigenvalue weighted by Crippen LogP contribution is 2.25. The van der Waals surface area contributed by atoms with Gasteiger partial charge in [-0.25, -0.2) is 0 Å². The quantitative estimate of drug-likeness (QED) is 0.412.